The Bertz CT molecular complexity index is 585. The normalized spacial score (nSPS) is 21.2. The molecule has 22 heavy (non-hydrogen) atoms. The summed E-state index contributed by atoms with van der Waals surface area (Å²) in [6.45, 7) is 8.03. The minimum Gasteiger partial charge on any atom is -0.450 e. The zero-order chi connectivity index (χ0) is 16.5. The molecule has 122 valence electrons. The van der Waals surface area contributed by atoms with Crippen LogP contribution >= 0.6 is 15.9 Å². The zero-order valence-corrected chi connectivity index (χ0v) is 14.8. The van der Waals surface area contributed by atoms with E-state index in [1.54, 1.807) is 13.0 Å². The first-order valence-corrected chi connectivity index (χ1v) is 8.08. The number of benzene rings is 1. The largest absolute Gasteiger partial charge is 0.450 e. The van der Waals surface area contributed by atoms with Gasteiger partial charge < -0.3 is 9.47 Å². The number of carbonyl (C=O) groups is 1. The number of amides is 1. The van der Waals surface area contributed by atoms with E-state index < -0.39 is 23.1 Å². The molecule has 2 rings (SSSR count). The Labute approximate surface area is 138 Å². The molecule has 0 fully saturated rings. The average Bonchev–Trinajstić information content (AvgIpc) is 2.42. The van der Waals surface area contributed by atoms with Crippen molar-refractivity contribution in [3.8, 4) is 0 Å². The van der Waals surface area contributed by atoms with Crippen molar-refractivity contribution in [1.82, 2.24) is 5.32 Å². The maximum absolute atomic E-state index is 14.6. The lowest BCUT2D eigenvalue weighted by molar-refractivity contribution is -0.153. The highest BCUT2D eigenvalue weighted by atomic mass is 79.9. The van der Waals surface area contributed by atoms with E-state index in [0.717, 1.165) is 10.0 Å². The fourth-order valence-electron chi connectivity index (χ4n) is 2.79. The van der Waals surface area contributed by atoms with E-state index in [2.05, 4.69) is 21.2 Å². The van der Waals surface area contributed by atoms with Gasteiger partial charge in [0.15, 0.2) is 5.72 Å². The summed E-state index contributed by atoms with van der Waals surface area (Å²) < 4.78 is 26.4. The molecule has 1 heterocycles. The number of hydrogen-bond acceptors (Lipinski definition) is 3. The monoisotopic (exact) mass is 373 g/mol. The number of fused-ring (bicyclic) bond motifs is 1. The highest BCUT2D eigenvalue weighted by Crippen LogP contribution is 2.47. The van der Waals surface area contributed by atoms with Crippen molar-refractivity contribution in [3.05, 3.63) is 33.5 Å². The lowest BCUT2D eigenvalue weighted by atomic mass is 9.75. The van der Waals surface area contributed by atoms with Gasteiger partial charge in [-0.05, 0) is 31.0 Å². The van der Waals surface area contributed by atoms with Gasteiger partial charge in [-0.1, -0.05) is 36.7 Å². The quantitative estimate of drug-likeness (QED) is 0.848. The second kappa shape index (κ2) is 6.16. The van der Waals surface area contributed by atoms with E-state index >= 15 is 0 Å². The fourth-order valence-corrected chi connectivity index (χ4v) is 3.31. The van der Waals surface area contributed by atoms with Crippen LogP contribution < -0.4 is 5.32 Å². The van der Waals surface area contributed by atoms with Crippen LogP contribution in [-0.2, 0) is 21.6 Å². The number of carbonyl (C=O) groups excluding carboxylic acids is 1. The molecule has 1 aromatic rings. The SMILES string of the molecule is CCOC(=O)NC1(C(C)(C)C)OCCc2c(Br)ccc(F)c21. The van der Waals surface area contributed by atoms with Crippen molar-refractivity contribution in [1.29, 1.82) is 0 Å². The molecule has 1 aliphatic rings. The molecule has 1 aliphatic heterocycles. The van der Waals surface area contributed by atoms with E-state index in [4.69, 9.17) is 9.47 Å². The summed E-state index contributed by atoms with van der Waals surface area (Å²) >= 11 is 3.47. The van der Waals surface area contributed by atoms with Gasteiger partial charge in [0, 0.05) is 15.5 Å². The fraction of sp³-hybridized carbons (Fsp3) is 0.562. The van der Waals surface area contributed by atoms with Gasteiger partial charge in [-0.3, -0.25) is 5.32 Å². The van der Waals surface area contributed by atoms with Gasteiger partial charge in [0.05, 0.1) is 13.2 Å². The number of hydrogen-bond donors (Lipinski definition) is 1. The van der Waals surface area contributed by atoms with E-state index in [-0.39, 0.29) is 6.61 Å². The predicted octanol–water partition coefficient (Wildman–Crippen LogP) is 4.11. The zero-order valence-electron chi connectivity index (χ0n) is 13.3. The molecule has 0 saturated carbocycles. The van der Waals surface area contributed by atoms with Crippen molar-refractivity contribution in [2.45, 2.75) is 39.8 Å². The van der Waals surface area contributed by atoms with Crippen LogP contribution in [0.1, 0.15) is 38.8 Å². The second-order valence-corrected chi connectivity index (χ2v) is 7.11. The van der Waals surface area contributed by atoms with Gasteiger partial charge in [-0.2, -0.15) is 0 Å². The maximum atomic E-state index is 14.6. The minimum atomic E-state index is -1.28. The van der Waals surface area contributed by atoms with Crippen LogP contribution in [0.5, 0.6) is 0 Å². The van der Waals surface area contributed by atoms with Gasteiger partial charge in [0.25, 0.3) is 0 Å². The number of ether oxygens (including phenoxy) is 2. The highest BCUT2D eigenvalue weighted by molar-refractivity contribution is 9.10. The molecule has 0 aromatic heterocycles. The molecular formula is C16H21BrFNO3. The van der Waals surface area contributed by atoms with E-state index in [9.17, 15) is 9.18 Å². The predicted molar refractivity (Wildman–Crippen MR) is 85.0 cm³/mol. The molecule has 0 aliphatic carbocycles. The number of rotatable bonds is 2. The molecule has 1 N–H and O–H groups in total. The van der Waals surface area contributed by atoms with Crippen molar-refractivity contribution in [2.24, 2.45) is 5.41 Å². The van der Waals surface area contributed by atoms with Gasteiger partial charge in [-0.25, -0.2) is 9.18 Å². The van der Waals surface area contributed by atoms with Gasteiger partial charge in [0.2, 0.25) is 0 Å². The third-order valence-electron chi connectivity index (χ3n) is 3.84. The summed E-state index contributed by atoms with van der Waals surface area (Å²) in [5.74, 6) is -0.398. The molecule has 1 unspecified atom stereocenters. The molecule has 1 aromatic carbocycles. The number of halogens is 2. The Morgan fingerprint density at radius 1 is 1.50 bits per heavy atom. The molecule has 1 amide bonds. The van der Waals surface area contributed by atoms with Crippen molar-refractivity contribution < 1.29 is 18.7 Å². The molecular weight excluding hydrogens is 353 g/mol. The Morgan fingerprint density at radius 3 is 2.77 bits per heavy atom. The van der Waals surface area contributed by atoms with Crippen molar-refractivity contribution in [2.75, 3.05) is 13.2 Å². The lowest BCUT2D eigenvalue weighted by Gasteiger charge is -2.48. The van der Waals surface area contributed by atoms with Gasteiger partial charge in [0.1, 0.15) is 5.82 Å². The molecule has 0 radical (unpaired) electrons. The van der Waals surface area contributed by atoms with E-state index in [1.807, 2.05) is 20.8 Å². The Balaban J connectivity index is 2.63. The minimum absolute atomic E-state index is 0.236. The van der Waals surface area contributed by atoms with Crippen LogP contribution in [0.4, 0.5) is 9.18 Å². The first kappa shape index (κ1) is 17.2. The average molecular weight is 374 g/mol. The standard InChI is InChI=1S/C16H21BrFNO3/c1-5-21-14(20)19-16(15(2,3)4)13-10(8-9-22-16)11(17)6-7-12(13)18/h6-7H,5,8-9H2,1-4H3,(H,19,20). The van der Waals surface area contributed by atoms with Crippen LogP contribution in [-0.4, -0.2) is 19.3 Å². The maximum Gasteiger partial charge on any atom is 0.409 e. The second-order valence-electron chi connectivity index (χ2n) is 6.26. The highest BCUT2D eigenvalue weighted by Gasteiger charge is 2.51. The van der Waals surface area contributed by atoms with Gasteiger partial charge in [-0.15, -0.1) is 0 Å². The molecule has 0 spiro atoms. The van der Waals surface area contributed by atoms with Crippen LogP contribution in [0.3, 0.4) is 0 Å². The summed E-state index contributed by atoms with van der Waals surface area (Å²) in [5.41, 5.74) is -0.663. The third kappa shape index (κ3) is 2.86. The topological polar surface area (TPSA) is 47.6 Å². The van der Waals surface area contributed by atoms with E-state index in [1.165, 1.54) is 6.07 Å². The lowest BCUT2D eigenvalue weighted by Crippen LogP contribution is -2.59. The number of nitrogens with one attached hydrogen (secondary N) is 1. The van der Waals surface area contributed by atoms with Crippen molar-refractivity contribution >= 4 is 22.0 Å². The Kier molecular flexibility index (Phi) is 4.82. The number of alkyl carbamates (subject to hydrolysis) is 1. The summed E-state index contributed by atoms with van der Waals surface area (Å²) in [6, 6.07) is 3.06. The van der Waals surface area contributed by atoms with Crippen molar-refractivity contribution in [3.63, 3.8) is 0 Å². The molecule has 1 atom stereocenters. The van der Waals surface area contributed by atoms with Crippen LogP contribution in [0, 0.1) is 11.2 Å². The summed E-state index contributed by atoms with van der Waals surface area (Å²) in [4.78, 5) is 12.0. The summed E-state index contributed by atoms with van der Waals surface area (Å²) in [7, 11) is 0. The Hall–Kier alpha value is -1.14. The van der Waals surface area contributed by atoms with E-state index in [0.29, 0.717) is 18.6 Å². The molecule has 6 heteroatoms. The van der Waals surface area contributed by atoms with Crippen LogP contribution in [0.25, 0.3) is 0 Å². The summed E-state index contributed by atoms with van der Waals surface area (Å²) in [5, 5.41) is 2.75. The Morgan fingerprint density at radius 2 is 2.18 bits per heavy atom. The smallest absolute Gasteiger partial charge is 0.409 e. The molecule has 4 nitrogen and oxygen atoms in total. The molecule has 0 saturated heterocycles. The first-order chi connectivity index (χ1) is 10.2. The third-order valence-corrected chi connectivity index (χ3v) is 4.58. The van der Waals surface area contributed by atoms with Crippen LogP contribution in [0.2, 0.25) is 0 Å². The first-order valence-electron chi connectivity index (χ1n) is 7.29. The van der Waals surface area contributed by atoms with Crippen LogP contribution in [0.15, 0.2) is 16.6 Å². The molecule has 0 bridgehead atoms. The summed E-state index contributed by atoms with van der Waals surface area (Å²) in [6.07, 6.45) is -0.0413. The van der Waals surface area contributed by atoms with Gasteiger partial charge >= 0.3 is 6.09 Å².